The molecule has 2 aromatic heterocycles. The van der Waals surface area contributed by atoms with Gasteiger partial charge in [-0.1, -0.05) is 23.4 Å². The van der Waals surface area contributed by atoms with Gasteiger partial charge in [-0.2, -0.15) is 0 Å². The molecule has 0 saturated heterocycles. The topological polar surface area (TPSA) is 63.1 Å². The summed E-state index contributed by atoms with van der Waals surface area (Å²) in [5.41, 5.74) is 1.94. The molecule has 0 radical (unpaired) electrons. The van der Waals surface area contributed by atoms with Crippen molar-refractivity contribution >= 4 is 17.6 Å². The summed E-state index contributed by atoms with van der Waals surface area (Å²) in [6.45, 7) is 1.68. The fourth-order valence-corrected chi connectivity index (χ4v) is 1.67. The molecule has 1 N–H and O–H groups in total. The summed E-state index contributed by atoms with van der Waals surface area (Å²) in [5, 5.41) is 9.39. The number of hydrogen-bond acceptors (Lipinski definition) is 3. The van der Waals surface area contributed by atoms with E-state index in [0.29, 0.717) is 21.7 Å². The predicted molar refractivity (Wildman–Crippen MR) is 71.2 cm³/mol. The summed E-state index contributed by atoms with van der Waals surface area (Å²) < 4.78 is 0. The molecule has 0 atom stereocenters. The third kappa shape index (κ3) is 3.30. The summed E-state index contributed by atoms with van der Waals surface area (Å²) in [5.74, 6) is 4.74. The molecule has 2 aromatic rings. The van der Waals surface area contributed by atoms with Crippen molar-refractivity contribution in [3.8, 4) is 11.8 Å². The van der Waals surface area contributed by atoms with Gasteiger partial charge in [-0.3, -0.25) is 4.98 Å². The van der Waals surface area contributed by atoms with Crippen LogP contribution in [0.5, 0.6) is 0 Å². The number of rotatable bonds is 1. The Bertz CT molecular complexity index is 702. The number of pyridine rings is 2. The Balaban J connectivity index is 2.30. The Morgan fingerprint density at radius 3 is 2.47 bits per heavy atom. The molecular formula is C14H9ClN2O2. The molecule has 0 spiro atoms. The zero-order valence-electron chi connectivity index (χ0n) is 10.0. The Kier molecular flexibility index (Phi) is 3.79. The quantitative estimate of drug-likeness (QED) is 0.811. The van der Waals surface area contributed by atoms with E-state index >= 15 is 0 Å². The van der Waals surface area contributed by atoms with Gasteiger partial charge in [0.25, 0.3) is 0 Å². The van der Waals surface area contributed by atoms with Crippen molar-refractivity contribution in [2.24, 2.45) is 0 Å². The first-order chi connectivity index (χ1) is 9.06. The number of aromatic carboxylic acids is 1. The molecular weight excluding hydrogens is 264 g/mol. The van der Waals surface area contributed by atoms with E-state index in [4.69, 9.17) is 16.7 Å². The smallest absolute Gasteiger partial charge is 0.354 e. The number of aromatic nitrogens is 2. The van der Waals surface area contributed by atoms with E-state index in [1.54, 1.807) is 25.3 Å². The zero-order valence-corrected chi connectivity index (χ0v) is 10.8. The van der Waals surface area contributed by atoms with Crippen molar-refractivity contribution in [1.29, 1.82) is 0 Å². The van der Waals surface area contributed by atoms with Crippen LogP contribution in [0.25, 0.3) is 0 Å². The minimum Gasteiger partial charge on any atom is -0.477 e. The van der Waals surface area contributed by atoms with Gasteiger partial charge in [0.2, 0.25) is 0 Å². The number of halogens is 1. The van der Waals surface area contributed by atoms with E-state index in [-0.39, 0.29) is 5.69 Å². The molecule has 0 saturated carbocycles. The van der Waals surface area contributed by atoms with Gasteiger partial charge >= 0.3 is 5.97 Å². The lowest BCUT2D eigenvalue weighted by molar-refractivity contribution is 0.0689. The molecule has 0 aliphatic carbocycles. The van der Waals surface area contributed by atoms with Gasteiger partial charge in [-0.15, -0.1) is 0 Å². The highest BCUT2D eigenvalue weighted by Crippen LogP contribution is 2.09. The number of carboxylic acid groups (broad SMARTS) is 1. The second kappa shape index (κ2) is 5.51. The van der Waals surface area contributed by atoms with Crippen LogP contribution in [-0.4, -0.2) is 21.0 Å². The van der Waals surface area contributed by atoms with Crippen LogP contribution in [0.4, 0.5) is 0 Å². The summed E-state index contributed by atoms with van der Waals surface area (Å²) in [6, 6.07) is 3.38. The Morgan fingerprint density at radius 1 is 1.21 bits per heavy atom. The highest BCUT2D eigenvalue weighted by Gasteiger charge is 2.07. The maximum absolute atomic E-state index is 10.8. The van der Waals surface area contributed by atoms with E-state index in [9.17, 15) is 4.79 Å². The first-order valence-electron chi connectivity index (χ1n) is 5.39. The van der Waals surface area contributed by atoms with Gasteiger partial charge in [0, 0.05) is 29.7 Å². The number of carbonyl (C=O) groups is 1. The third-order valence-electron chi connectivity index (χ3n) is 2.34. The first-order valence-corrected chi connectivity index (χ1v) is 5.76. The molecule has 0 amide bonds. The standard InChI is InChI=1S/C14H9ClN2O2/c1-9-4-10(7-17-13(9)14(18)19)2-3-11-5-12(15)8-16-6-11/h4-8H,1H3,(H,18,19). The Labute approximate surface area is 115 Å². The average molecular weight is 273 g/mol. The van der Waals surface area contributed by atoms with Crippen molar-refractivity contribution in [2.45, 2.75) is 6.92 Å². The van der Waals surface area contributed by atoms with Gasteiger partial charge < -0.3 is 5.11 Å². The van der Waals surface area contributed by atoms with Crippen molar-refractivity contribution < 1.29 is 9.90 Å². The summed E-state index contributed by atoms with van der Waals surface area (Å²) in [4.78, 5) is 18.6. The molecule has 2 heterocycles. The van der Waals surface area contributed by atoms with Crippen molar-refractivity contribution in [2.75, 3.05) is 0 Å². The lowest BCUT2D eigenvalue weighted by Gasteiger charge is -1.99. The number of nitrogens with zero attached hydrogens (tertiary/aromatic N) is 2. The lowest BCUT2D eigenvalue weighted by atomic mass is 10.1. The minimum absolute atomic E-state index is 0.0370. The maximum atomic E-state index is 10.8. The second-order valence-electron chi connectivity index (χ2n) is 3.84. The molecule has 0 aromatic carbocycles. The largest absolute Gasteiger partial charge is 0.477 e. The van der Waals surface area contributed by atoms with Crippen LogP contribution in [0, 0.1) is 18.8 Å². The average Bonchev–Trinajstić information content (AvgIpc) is 2.36. The van der Waals surface area contributed by atoms with Gasteiger partial charge in [-0.25, -0.2) is 9.78 Å². The van der Waals surface area contributed by atoms with E-state index in [0.717, 1.165) is 0 Å². The molecule has 2 rings (SSSR count). The van der Waals surface area contributed by atoms with Crippen molar-refractivity contribution in [1.82, 2.24) is 9.97 Å². The van der Waals surface area contributed by atoms with Crippen LogP contribution in [0.15, 0.2) is 30.7 Å². The van der Waals surface area contributed by atoms with E-state index in [2.05, 4.69) is 21.8 Å². The number of aryl methyl sites for hydroxylation is 1. The summed E-state index contributed by atoms with van der Waals surface area (Å²) in [6.07, 6.45) is 4.56. The van der Waals surface area contributed by atoms with Crippen LogP contribution >= 0.6 is 11.6 Å². The molecule has 19 heavy (non-hydrogen) atoms. The van der Waals surface area contributed by atoms with Crippen LogP contribution in [-0.2, 0) is 0 Å². The Morgan fingerprint density at radius 2 is 1.89 bits per heavy atom. The molecule has 0 bridgehead atoms. The fraction of sp³-hybridized carbons (Fsp3) is 0.0714. The van der Waals surface area contributed by atoms with E-state index < -0.39 is 5.97 Å². The lowest BCUT2D eigenvalue weighted by Crippen LogP contribution is -2.03. The molecule has 0 aliphatic heterocycles. The second-order valence-corrected chi connectivity index (χ2v) is 4.27. The first kappa shape index (κ1) is 13.1. The van der Waals surface area contributed by atoms with Gasteiger partial charge in [0.15, 0.2) is 5.69 Å². The monoisotopic (exact) mass is 272 g/mol. The third-order valence-corrected chi connectivity index (χ3v) is 2.54. The van der Waals surface area contributed by atoms with Crippen LogP contribution in [0.2, 0.25) is 5.02 Å². The van der Waals surface area contributed by atoms with E-state index in [1.807, 2.05) is 0 Å². The summed E-state index contributed by atoms with van der Waals surface area (Å²) >= 11 is 5.80. The van der Waals surface area contributed by atoms with Crippen LogP contribution in [0.1, 0.15) is 27.2 Å². The van der Waals surface area contributed by atoms with Gasteiger partial charge in [0.05, 0.1) is 5.02 Å². The summed E-state index contributed by atoms with van der Waals surface area (Å²) in [7, 11) is 0. The minimum atomic E-state index is -1.05. The van der Waals surface area contributed by atoms with Gasteiger partial charge in [0.1, 0.15) is 0 Å². The van der Waals surface area contributed by atoms with Crippen LogP contribution in [0.3, 0.4) is 0 Å². The molecule has 4 nitrogen and oxygen atoms in total. The van der Waals surface area contributed by atoms with Crippen LogP contribution < -0.4 is 0 Å². The fourth-order valence-electron chi connectivity index (χ4n) is 1.49. The van der Waals surface area contributed by atoms with E-state index in [1.165, 1.54) is 12.4 Å². The molecule has 94 valence electrons. The normalized spacial score (nSPS) is 9.58. The van der Waals surface area contributed by atoms with Crippen molar-refractivity contribution in [3.05, 3.63) is 58.1 Å². The zero-order chi connectivity index (χ0) is 13.8. The molecule has 0 aliphatic rings. The molecule has 5 heteroatoms. The predicted octanol–water partition coefficient (Wildman–Crippen LogP) is 2.54. The highest BCUT2D eigenvalue weighted by atomic mass is 35.5. The SMILES string of the molecule is Cc1cc(C#Cc2cncc(Cl)c2)cnc1C(=O)O. The molecule has 0 unspecified atom stereocenters. The Hall–Kier alpha value is -2.38. The highest BCUT2D eigenvalue weighted by molar-refractivity contribution is 6.30. The van der Waals surface area contributed by atoms with Gasteiger partial charge in [-0.05, 0) is 24.6 Å². The van der Waals surface area contributed by atoms with Crippen molar-refractivity contribution in [3.63, 3.8) is 0 Å². The maximum Gasteiger partial charge on any atom is 0.354 e. The number of carboxylic acids is 1. The number of hydrogen-bond donors (Lipinski definition) is 1. The molecule has 0 fully saturated rings.